The van der Waals surface area contributed by atoms with Crippen molar-refractivity contribution in [2.75, 3.05) is 32.8 Å². The van der Waals surface area contributed by atoms with Gasteiger partial charge in [0.05, 0.1) is 12.1 Å². The van der Waals surface area contributed by atoms with Crippen LogP contribution in [0.1, 0.15) is 30.5 Å². The fourth-order valence-electron chi connectivity index (χ4n) is 6.17. The van der Waals surface area contributed by atoms with Crippen LogP contribution in [-0.4, -0.2) is 76.1 Å². The molecule has 1 saturated carbocycles. The fourth-order valence-corrected chi connectivity index (χ4v) is 6.17. The van der Waals surface area contributed by atoms with E-state index in [1.807, 2.05) is 15.9 Å². The largest absolute Gasteiger partial charge is 0.434 e. The van der Waals surface area contributed by atoms with Crippen molar-refractivity contribution in [2.24, 2.45) is 11.3 Å². The van der Waals surface area contributed by atoms with Gasteiger partial charge in [-0.2, -0.15) is 13.2 Å². The third-order valence-corrected chi connectivity index (χ3v) is 7.69. The topological polar surface area (TPSA) is 79.2 Å². The summed E-state index contributed by atoms with van der Waals surface area (Å²) in [6, 6.07) is 3.37. The van der Waals surface area contributed by atoms with Crippen molar-refractivity contribution in [3.8, 4) is 0 Å². The number of likely N-dealkylation sites (tertiary alicyclic amines) is 2. The zero-order valence-electron chi connectivity index (χ0n) is 18.6. The van der Waals surface area contributed by atoms with E-state index in [2.05, 4.69) is 10.3 Å². The van der Waals surface area contributed by atoms with Gasteiger partial charge < -0.3 is 24.3 Å². The van der Waals surface area contributed by atoms with Crippen LogP contribution in [0.2, 0.25) is 0 Å². The van der Waals surface area contributed by atoms with E-state index in [9.17, 15) is 22.8 Å². The molecule has 3 aliphatic heterocycles. The minimum atomic E-state index is -4.45. The number of pyridine rings is 1. The summed E-state index contributed by atoms with van der Waals surface area (Å²) in [4.78, 5) is 31.9. The van der Waals surface area contributed by atoms with Crippen molar-refractivity contribution in [1.29, 1.82) is 0 Å². The number of halogens is 3. The molecule has 2 aromatic heterocycles. The van der Waals surface area contributed by atoms with Crippen LogP contribution in [0.5, 0.6) is 0 Å². The van der Waals surface area contributed by atoms with Crippen LogP contribution in [0.15, 0.2) is 24.5 Å². The number of aromatic nitrogens is 2. The number of alkyl halides is 3. The molecule has 0 bridgehead atoms. The SMILES string of the molecule is O=C1CO[C@H]2CCN(C(=O)N3CC4(CC(Cc5ccc6nc(C(F)(F)F)cn6c5)C4)C3)C[C@H]2N1. The molecule has 11 heteroatoms. The number of fused-ring (bicyclic) bond motifs is 2. The molecule has 1 N–H and O–H groups in total. The third kappa shape index (κ3) is 3.79. The normalized spacial score (nSPS) is 26.7. The lowest BCUT2D eigenvalue weighted by molar-refractivity contribution is -0.141. The number of hydrogen-bond donors (Lipinski definition) is 1. The minimum Gasteiger partial charge on any atom is -0.366 e. The molecule has 182 valence electrons. The highest BCUT2D eigenvalue weighted by Crippen LogP contribution is 2.53. The molecule has 0 radical (unpaired) electrons. The summed E-state index contributed by atoms with van der Waals surface area (Å²) in [5, 5.41) is 2.93. The highest BCUT2D eigenvalue weighted by atomic mass is 19.4. The van der Waals surface area contributed by atoms with E-state index in [-0.39, 0.29) is 41.8 Å². The first kappa shape index (κ1) is 21.7. The average molecular weight is 477 g/mol. The summed E-state index contributed by atoms with van der Waals surface area (Å²) in [5.41, 5.74) is 0.570. The Morgan fingerprint density at radius 1 is 1.21 bits per heavy atom. The number of ether oxygens (including phenoxy) is 1. The van der Waals surface area contributed by atoms with Crippen LogP contribution in [0.4, 0.5) is 18.0 Å². The van der Waals surface area contributed by atoms with Crippen LogP contribution in [-0.2, 0) is 22.1 Å². The predicted molar refractivity (Wildman–Crippen MR) is 114 cm³/mol. The summed E-state index contributed by atoms with van der Waals surface area (Å²) < 4.78 is 45.7. The maximum atomic E-state index is 12.9. The van der Waals surface area contributed by atoms with Gasteiger partial charge in [0.1, 0.15) is 12.3 Å². The van der Waals surface area contributed by atoms with Gasteiger partial charge in [-0.1, -0.05) is 6.07 Å². The molecule has 1 aliphatic carbocycles. The Morgan fingerprint density at radius 3 is 2.76 bits per heavy atom. The third-order valence-electron chi connectivity index (χ3n) is 7.69. The molecule has 8 nitrogen and oxygen atoms in total. The van der Waals surface area contributed by atoms with Gasteiger partial charge in [0.15, 0.2) is 5.69 Å². The number of rotatable bonds is 2. The monoisotopic (exact) mass is 477 g/mol. The fraction of sp³-hybridized carbons (Fsp3) is 0.609. The molecule has 2 atom stereocenters. The summed E-state index contributed by atoms with van der Waals surface area (Å²) in [6.45, 7) is 2.69. The molecule has 2 aromatic rings. The zero-order chi connectivity index (χ0) is 23.7. The maximum Gasteiger partial charge on any atom is 0.434 e. The van der Waals surface area contributed by atoms with Gasteiger partial charge in [0, 0.05) is 44.0 Å². The number of imidazole rings is 1. The molecule has 3 amide bonds. The van der Waals surface area contributed by atoms with Crippen molar-refractivity contribution < 1.29 is 27.5 Å². The lowest BCUT2D eigenvalue weighted by atomic mass is 9.56. The second-order valence-corrected chi connectivity index (χ2v) is 10.3. The number of amides is 3. The van der Waals surface area contributed by atoms with Gasteiger partial charge in [0.25, 0.3) is 0 Å². The van der Waals surface area contributed by atoms with Crippen molar-refractivity contribution in [1.82, 2.24) is 24.5 Å². The smallest absolute Gasteiger partial charge is 0.366 e. The van der Waals surface area contributed by atoms with Crippen molar-refractivity contribution in [3.05, 3.63) is 35.8 Å². The number of carbonyl (C=O) groups is 2. The van der Waals surface area contributed by atoms with Crippen molar-refractivity contribution in [2.45, 2.75) is 44.0 Å². The number of morpholine rings is 1. The molecule has 0 unspecified atom stereocenters. The van der Waals surface area contributed by atoms with Gasteiger partial charge in [-0.05, 0) is 43.2 Å². The Bertz CT molecular complexity index is 1130. The van der Waals surface area contributed by atoms with E-state index in [4.69, 9.17) is 4.74 Å². The first-order valence-electron chi connectivity index (χ1n) is 11.7. The Hall–Kier alpha value is -2.82. The molecule has 0 aromatic carbocycles. The molecular formula is C23H26F3N5O3. The standard InChI is InChI=1S/C23H26F3N5O3/c24-23(25,26)18-10-30-8-14(1-2-19(30)28-18)5-15-6-22(7-15)12-31(13-22)21(33)29-4-3-17-16(9-29)27-20(32)11-34-17/h1-2,8,10,15-17H,3-7,9,11-13H2,(H,27,32)/t16-,17+/m1/s1. The molecular weight excluding hydrogens is 451 g/mol. The second-order valence-electron chi connectivity index (χ2n) is 10.3. The number of hydrogen-bond acceptors (Lipinski definition) is 4. The number of urea groups is 1. The Labute approximate surface area is 194 Å². The Morgan fingerprint density at radius 2 is 2.00 bits per heavy atom. The maximum absolute atomic E-state index is 12.9. The second kappa shape index (κ2) is 7.59. The molecule has 4 fully saturated rings. The first-order chi connectivity index (χ1) is 16.2. The number of carbonyl (C=O) groups excluding carboxylic acids is 2. The van der Waals surface area contributed by atoms with Crippen LogP contribution < -0.4 is 5.32 Å². The zero-order valence-corrected chi connectivity index (χ0v) is 18.6. The molecule has 3 saturated heterocycles. The summed E-state index contributed by atoms with van der Waals surface area (Å²) in [5.74, 6) is 0.331. The predicted octanol–water partition coefficient (Wildman–Crippen LogP) is 2.32. The molecule has 34 heavy (non-hydrogen) atoms. The summed E-state index contributed by atoms with van der Waals surface area (Å²) in [6.07, 6.45) is 1.86. The van der Waals surface area contributed by atoms with E-state index < -0.39 is 11.9 Å². The Balaban J connectivity index is 1.00. The average Bonchev–Trinajstić information content (AvgIpc) is 3.17. The lowest BCUT2D eigenvalue weighted by Gasteiger charge is -2.60. The molecule has 5 heterocycles. The van der Waals surface area contributed by atoms with Crippen molar-refractivity contribution in [3.63, 3.8) is 0 Å². The van der Waals surface area contributed by atoms with Crippen LogP contribution >= 0.6 is 0 Å². The van der Waals surface area contributed by atoms with E-state index in [1.165, 1.54) is 4.40 Å². The van der Waals surface area contributed by atoms with E-state index in [1.54, 1.807) is 12.3 Å². The van der Waals surface area contributed by atoms with E-state index in [0.717, 1.165) is 50.5 Å². The quantitative estimate of drug-likeness (QED) is 0.720. The first-order valence-corrected chi connectivity index (χ1v) is 11.7. The number of nitrogens with zero attached hydrogens (tertiary/aromatic N) is 4. The number of piperidine rings is 1. The van der Waals surface area contributed by atoms with Gasteiger partial charge in [0.2, 0.25) is 5.91 Å². The lowest BCUT2D eigenvalue weighted by Crippen LogP contribution is -2.68. The van der Waals surface area contributed by atoms with Crippen LogP contribution in [0.3, 0.4) is 0 Å². The van der Waals surface area contributed by atoms with Crippen LogP contribution in [0, 0.1) is 11.3 Å². The molecule has 4 aliphatic rings. The van der Waals surface area contributed by atoms with Crippen LogP contribution in [0.25, 0.3) is 5.65 Å². The van der Waals surface area contributed by atoms with Gasteiger partial charge in [-0.3, -0.25) is 4.79 Å². The summed E-state index contributed by atoms with van der Waals surface area (Å²) in [7, 11) is 0. The number of nitrogens with one attached hydrogen (secondary N) is 1. The van der Waals surface area contributed by atoms with E-state index in [0.29, 0.717) is 19.0 Å². The van der Waals surface area contributed by atoms with Gasteiger partial charge in [-0.15, -0.1) is 0 Å². The Kier molecular flexibility index (Phi) is 4.84. The molecule has 1 spiro atoms. The minimum absolute atomic E-state index is 0.0153. The highest BCUT2D eigenvalue weighted by Gasteiger charge is 2.54. The highest BCUT2D eigenvalue weighted by molar-refractivity contribution is 5.79. The van der Waals surface area contributed by atoms with Gasteiger partial charge >= 0.3 is 12.2 Å². The van der Waals surface area contributed by atoms with E-state index >= 15 is 0 Å². The van der Waals surface area contributed by atoms with Crippen molar-refractivity contribution >= 4 is 17.6 Å². The summed E-state index contributed by atoms with van der Waals surface area (Å²) >= 11 is 0. The molecule has 6 rings (SSSR count). The van der Waals surface area contributed by atoms with Gasteiger partial charge in [-0.25, -0.2) is 9.78 Å².